The molecule has 0 spiro atoms. The fraction of sp³-hybridized carbons (Fsp3) is 0.296. The number of urea groups is 1. The summed E-state index contributed by atoms with van der Waals surface area (Å²) in [7, 11) is 1.71. The maximum absolute atomic E-state index is 14.8. The van der Waals surface area contributed by atoms with Crippen molar-refractivity contribution in [2.24, 2.45) is 0 Å². The van der Waals surface area contributed by atoms with Crippen LogP contribution in [0.15, 0.2) is 36.9 Å². The lowest BCUT2D eigenvalue weighted by atomic mass is 10.0. The van der Waals surface area contributed by atoms with Gasteiger partial charge in [-0.25, -0.2) is 32.9 Å². The average molecular weight is 600 g/mol. The number of aromatic nitrogens is 6. The molecule has 15 heteroatoms. The summed E-state index contributed by atoms with van der Waals surface area (Å²) < 4.78 is 43.6. The molecule has 0 saturated carbocycles. The van der Waals surface area contributed by atoms with Crippen LogP contribution in [0.3, 0.4) is 0 Å². The smallest absolute Gasteiger partial charge is 0.326 e. The van der Waals surface area contributed by atoms with Crippen LogP contribution in [-0.2, 0) is 0 Å². The highest BCUT2D eigenvalue weighted by molar-refractivity contribution is 6.31. The highest BCUT2D eigenvalue weighted by atomic mass is 35.5. The van der Waals surface area contributed by atoms with E-state index in [9.17, 15) is 22.8 Å². The second kappa shape index (κ2) is 11.4. The molecule has 1 atom stereocenters. The van der Waals surface area contributed by atoms with Gasteiger partial charge in [0.2, 0.25) is 5.95 Å². The van der Waals surface area contributed by atoms with Gasteiger partial charge in [-0.05, 0) is 26.8 Å². The van der Waals surface area contributed by atoms with Gasteiger partial charge in [0.15, 0.2) is 5.82 Å². The first kappa shape index (κ1) is 28.9. The lowest BCUT2D eigenvalue weighted by molar-refractivity contribution is 0.102. The topological polar surface area (TPSA) is 122 Å². The Balaban J connectivity index is 1.36. The number of nitrogens with zero attached hydrogens (tertiary/aromatic N) is 8. The lowest BCUT2D eigenvalue weighted by Crippen LogP contribution is -2.30. The van der Waals surface area contributed by atoms with E-state index in [1.54, 1.807) is 29.0 Å². The summed E-state index contributed by atoms with van der Waals surface area (Å²) in [5.41, 5.74) is 0.355. The van der Waals surface area contributed by atoms with E-state index in [2.05, 4.69) is 30.4 Å². The van der Waals surface area contributed by atoms with E-state index in [1.807, 2.05) is 13.8 Å². The van der Waals surface area contributed by atoms with Crippen LogP contribution in [0, 0.1) is 19.7 Å². The first-order valence-electron chi connectivity index (χ1n) is 12.8. The predicted molar refractivity (Wildman–Crippen MR) is 148 cm³/mol. The van der Waals surface area contributed by atoms with Crippen LogP contribution in [0.25, 0.3) is 11.3 Å². The molecule has 4 aromatic rings. The zero-order chi connectivity index (χ0) is 30.3. The zero-order valence-corrected chi connectivity index (χ0v) is 23.7. The Morgan fingerprint density at radius 2 is 1.81 bits per heavy atom. The van der Waals surface area contributed by atoms with E-state index in [-0.39, 0.29) is 34.2 Å². The third-order valence-corrected chi connectivity index (χ3v) is 7.25. The van der Waals surface area contributed by atoms with Crippen LogP contribution in [-0.4, -0.2) is 66.7 Å². The Labute approximate surface area is 243 Å². The molecule has 1 aromatic carbocycles. The minimum atomic E-state index is -3.00. The van der Waals surface area contributed by atoms with Crippen molar-refractivity contribution >= 4 is 35.2 Å². The van der Waals surface area contributed by atoms with Gasteiger partial charge >= 0.3 is 6.03 Å². The fourth-order valence-corrected chi connectivity index (χ4v) is 4.73. The quantitative estimate of drug-likeness (QED) is 0.309. The number of carbonyl (C=O) groups excluding carboxylic acids is 2. The van der Waals surface area contributed by atoms with Crippen LogP contribution in [0.2, 0.25) is 5.02 Å². The number of hydrogen-bond acceptors (Lipinski definition) is 7. The third kappa shape index (κ3) is 5.36. The maximum atomic E-state index is 14.8. The monoisotopic (exact) mass is 599 g/mol. The highest BCUT2D eigenvalue weighted by Crippen LogP contribution is 2.35. The summed E-state index contributed by atoms with van der Waals surface area (Å²) in [5.74, 6) is -1.46. The van der Waals surface area contributed by atoms with Gasteiger partial charge in [-0.15, -0.1) is 0 Å². The molecule has 218 valence electrons. The molecule has 4 heterocycles. The minimum Gasteiger partial charge on any atom is -0.326 e. The van der Waals surface area contributed by atoms with Crippen LogP contribution in [0.5, 0.6) is 0 Å². The van der Waals surface area contributed by atoms with Gasteiger partial charge in [0.05, 0.1) is 40.5 Å². The molecule has 0 aliphatic carbocycles. The van der Waals surface area contributed by atoms with E-state index >= 15 is 0 Å². The molecule has 1 aliphatic heterocycles. The first-order chi connectivity index (χ1) is 20.0. The Morgan fingerprint density at radius 3 is 2.48 bits per heavy atom. The molecular weight excluding hydrogens is 575 g/mol. The molecule has 5 rings (SSSR count). The van der Waals surface area contributed by atoms with Crippen LogP contribution < -0.4 is 10.2 Å². The molecule has 3 aromatic heterocycles. The summed E-state index contributed by atoms with van der Waals surface area (Å²) in [5, 5.41) is 6.63. The highest BCUT2D eigenvalue weighted by Gasteiger charge is 2.29. The predicted octanol–water partition coefficient (Wildman–Crippen LogP) is 5.21. The second-order valence-electron chi connectivity index (χ2n) is 9.72. The van der Waals surface area contributed by atoms with Crippen molar-refractivity contribution in [3.63, 3.8) is 0 Å². The SMILES string of the molecule is Cc1nc(N2CCN(C)C2=O)ncc1[C@H](C)n1cc(NC(=O)c2nc(-c3c(C(F)F)ccc(Cl)c3F)cnc2C)cn1. The Kier molecular flexibility index (Phi) is 7.82. The number of hydrogen-bond donors (Lipinski definition) is 1. The number of likely N-dealkylation sites (N-methyl/N-ethyl adjacent to an activating group) is 1. The van der Waals surface area contributed by atoms with Crippen LogP contribution in [0.1, 0.15) is 52.4 Å². The molecule has 0 bridgehead atoms. The van der Waals surface area contributed by atoms with Gasteiger partial charge in [-0.2, -0.15) is 5.10 Å². The number of halogens is 4. The van der Waals surface area contributed by atoms with E-state index < -0.39 is 29.3 Å². The van der Waals surface area contributed by atoms with Crippen molar-refractivity contribution in [2.75, 3.05) is 30.4 Å². The van der Waals surface area contributed by atoms with Gasteiger partial charge in [-0.1, -0.05) is 17.7 Å². The summed E-state index contributed by atoms with van der Waals surface area (Å²) in [4.78, 5) is 45.7. The number of carbonyl (C=O) groups is 2. The molecule has 1 fully saturated rings. The van der Waals surface area contributed by atoms with Gasteiger partial charge in [0, 0.05) is 54.9 Å². The zero-order valence-electron chi connectivity index (χ0n) is 22.9. The third-order valence-electron chi connectivity index (χ3n) is 6.96. The Hall–Kier alpha value is -4.59. The Morgan fingerprint density at radius 1 is 1.05 bits per heavy atom. The number of nitrogens with one attached hydrogen (secondary N) is 1. The van der Waals surface area contributed by atoms with Crippen molar-refractivity contribution < 1.29 is 22.8 Å². The van der Waals surface area contributed by atoms with Crippen molar-refractivity contribution in [1.29, 1.82) is 0 Å². The van der Waals surface area contributed by atoms with Gasteiger partial charge in [0.1, 0.15) is 5.69 Å². The number of rotatable bonds is 7. The molecule has 1 saturated heterocycles. The van der Waals surface area contributed by atoms with E-state index in [1.165, 1.54) is 18.0 Å². The summed E-state index contributed by atoms with van der Waals surface area (Å²) in [6, 6.07) is 1.54. The number of amides is 3. The molecule has 0 radical (unpaired) electrons. The lowest BCUT2D eigenvalue weighted by Gasteiger charge is -2.18. The molecule has 42 heavy (non-hydrogen) atoms. The number of anilines is 2. The number of aryl methyl sites for hydroxylation is 2. The van der Waals surface area contributed by atoms with Crippen LogP contribution in [0.4, 0.5) is 29.6 Å². The first-order valence-corrected chi connectivity index (χ1v) is 13.2. The summed E-state index contributed by atoms with van der Waals surface area (Å²) >= 11 is 5.83. The minimum absolute atomic E-state index is 0.166. The summed E-state index contributed by atoms with van der Waals surface area (Å²) in [6.07, 6.45) is 2.76. The normalized spacial score (nSPS) is 14.2. The van der Waals surface area contributed by atoms with E-state index in [0.717, 1.165) is 23.9 Å². The number of alkyl halides is 2. The standard InChI is InChI=1S/C27H25ClF3N9O2/c1-13-18(10-33-26(35-13)39-8-7-38(4)27(39)42)15(3)40-12-16(9-34-40)36-25(41)23-14(2)32-11-20(37-23)21-17(24(30)31)5-6-19(28)22(21)29/h5-6,9-12,15,24H,7-8H2,1-4H3,(H,36,41)/t15-/m0/s1. The average Bonchev–Trinajstić information content (AvgIpc) is 3.56. The van der Waals surface area contributed by atoms with Crippen molar-refractivity contribution in [2.45, 2.75) is 33.2 Å². The molecule has 1 aliphatic rings. The van der Waals surface area contributed by atoms with Crippen molar-refractivity contribution in [3.8, 4) is 11.3 Å². The van der Waals surface area contributed by atoms with Crippen molar-refractivity contribution in [1.82, 2.24) is 34.6 Å². The Bertz CT molecular complexity index is 1700. The van der Waals surface area contributed by atoms with Gasteiger partial charge in [-0.3, -0.25) is 19.4 Å². The maximum Gasteiger partial charge on any atom is 0.326 e. The van der Waals surface area contributed by atoms with E-state index in [0.29, 0.717) is 30.4 Å². The number of benzene rings is 1. The molecule has 0 unspecified atom stereocenters. The summed E-state index contributed by atoms with van der Waals surface area (Å²) in [6.45, 7) is 6.28. The van der Waals surface area contributed by atoms with Gasteiger partial charge < -0.3 is 10.2 Å². The largest absolute Gasteiger partial charge is 0.326 e. The molecule has 11 nitrogen and oxygen atoms in total. The molecule has 3 amide bonds. The van der Waals surface area contributed by atoms with E-state index in [4.69, 9.17) is 11.6 Å². The van der Waals surface area contributed by atoms with Crippen LogP contribution >= 0.6 is 11.6 Å². The second-order valence-corrected chi connectivity index (χ2v) is 10.1. The van der Waals surface area contributed by atoms with Gasteiger partial charge in [0.25, 0.3) is 12.3 Å². The van der Waals surface area contributed by atoms with Crippen molar-refractivity contribution in [3.05, 3.63) is 76.0 Å². The molecule has 1 N–H and O–H groups in total. The molecular formula is C27H25ClF3N9O2. The fourth-order valence-electron chi connectivity index (χ4n) is 4.58.